The Bertz CT molecular complexity index is 462. The molecule has 4 atom stereocenters. The van der Waals surface area contributed by atoms with Crippen molar-refractivity contribution in [2.45, 2.75) is 57.9 Å². The molecule has 3 rings (SSSR count). The van der Waals surface area contributed by atoms with Gasteiger partial charge in [0.1, 0.15) is 5.75 Å². The van der Waals surface area contributed by atoms with E-state index in [0.29, 0.717) is 12.5 Å². The summed E-state index contributed by atoms with van der Waals surface area (Å²) in [4.78, 5) is 4.30. The van der Waals surface area contributed by atoms with E-state index in [1.165, 1.54) is 44.9 Å². The molecule has 2 N–H and O–H groups in total. The van der Waals surface area contributed by atoms with Gasteiger partial charge in [-0.15, -0.1) is 0 Å². The molecule has 0 bridgehead atoms. The zero-order chi connectivity index (χ0) is 14.7. The minimum atomic E-state index is 0.112. The summed E-state index contributed by atoms with van der Waals surface area (Å²) in [5.41, 5.74) is 7.70. The van der Waals surface area contributed by atoms with Crippen LogP contribution in [0.1, 0.15) is 63.5 Å². The van der Waals surface area contributed by atoms with Crippen LogP contribution in [0, 0.1) is 17.8 Å². The maximum Gasteiger partial charge on any atom is 0.137 e. The fourth-order valence-electron chi connectivity index (χ4n) is 4.37. The second-order valence-electron chi connectivity index (χ2n) is 6.79. The van der Waals surface area contributed by atoms with Gasteiger partial charge in [-0.25, -0.2) is 0 Å². The van der Waals surface area contributed by atoms with Gasteiger partial charge in [0.15, 0.2) is 0 Å². The molecule has 1 aromatic heterocycles. The lowest BCUT2D eigenvalue weighted by atomic mass is 9.65. The van der Waals surface area contributed by atoms with Crippen molar-refractivity contribution in [3.05, 3.63) is 24.0 Å². The fraction of sp³-hybridized carbons (Fsp3) is 0.722. The van der Waals surface area contributed by atoms with E-state index in [9.17, 15) is 0 Å². The molecule has 0 radical (unpaired) electrons. The summed E-state index contributed by atoms with van der Waals surface area (Å²) >= 11 is 0. The van der Waals surface area contributed by atoms with Gasteiger partial charge < -0.3 is 10.5 Å². The van der Waals surface area contributed by atoms with Crippen LogP contribution in [0.15, 0.2) is 18.5 Å². The van der Waals surface area contributed by atoms with Crippen molar-refractivity contribution in [3.8, 4) is 5.75 Å². The maximum atomic E-state index is 6.56. The van der Waals surface area contributed by atoms with E-state index in [2.05, 4.69) is 11.1 Å². The van der Waals surface area contributed by atoms with E-state index in [1.807, 2.05) is 13.1 Å². The first kappa shape index (κ1) is 14.8. The molecule has 0 aliphatic heterocycles. The Labute approximate surface area is 128 Å². The Kier molecular flexibility index (Phi) is 4.79. The number of fused-ring (bicyclic) bond motifs is 1. The normalized spacial score (nSPS) is 30.5. The minimum absolute atomic E-state index is 0.112. The number of hydrogen-bond donors (Lipinski definition) is 1. The van der Waals surface area contributed by atoms with Crippen LogP contribution in [0.3, 0.4) is 0 Å². The number of aromatic nitrogens is 1. The highest BCUT2D eigenvalue weighted by atomic mass is 16.5. The molecule has 3 heteroatoms. The van der Waals surface area contributed by atoms with Gasteiger partial charge in [0.05, 0.1) is 12.8 Å². The van der Waals surface area contributed by atoms with Gasteiger partial charge in [0.25, 0.3) is 0 Å². The van der Waals surface area contributed by atoms with Gasteiger partial charge in [0, 0.05) is 12.2 Å². The third-order valence-corrected chi connectivity index (χ3v) is 5.52. The van der Waals surface area contributed by atoms with Gasteiger partial charge in [-0.05, 0) is 55.6 Å². The molecule has 4 unspecified atom stereocenters. The number of nitrogens with zero attached hydrogens (tertiary/aromatic N) is 1. The summed E-state index contributed by atoms with van der Waals surface area (Å²) in [6.45, 7) is 2.67. The van der Waals surface area contributed by atoms with Crippen LogP contribution in [-0.2, 0) is 0 Å². The van der Waals surface area contributed by atoms with E-state index in [0.717, 1.165) is 23.1 Å². The molecular formula is C18H28N2O. The fourth-order valence-corrected chi connectivity index (χ4v) is 4.37. The highest BCUT2D eigenvalue weighted by molar-refractivity contribution is 5.26. The molecule has 2 aliphatic rings. The van der Waals surface area contributed by atoms with Gasteiger partial charge >= 0.3 is 0 Å². The second kappa shape index (κ2) is 6.78. The van der Waals surface area contributed by atoms with Crippen molar-refractivity contribution in [3.63, 3.8) is 0 Å². The monoisotopic (exact) mass is 288 g/mol. The zero-order valence-electron chi connectivity index (χ0n) is 13.1. The van der Waals surface area contributed by atoms with Crippen LogP contribution in [-0.4, -0.2) is 11.6 Å². The summed E-state index contributed by atoms with van der Waals surface area (Å²) < 4.78 is 5.55. The van der Waals surface area contributed by atoms with Crippen LogP contribution >= 0.6 is 0 Å². The van der Waals surface area contributed by atoms with E-state index in [1.54, 1.807) is 6.20 Å². The number of pyridine rings is 1. The third kappa shape index (κ3) is 3.39. The molecule has 0 amide bonds. The summed E-state index contributed by atoms with van der Waals surface area (Å²) in [7, 11) is 0. The first-order chi connectivity index (χ1) is 10.3. The Balaban J connectivity index is 1.67. The molecule has 116 valence electrons. The molecule has 0 saturated heterocycles. The van der Waals surface area contributed by atoms with E-state index in [-0.39, 0.29) is 6.04 Å². The van der Waals surface area contributed by atoms with Crippen molar-refractivity contribution in [1.29, 1.82) is 0 Å². The topological polar surface area (TPSA) is 48.1 Å². The highest BCUT2D eigenvalue weighted by Gasteiger charge is 2.34. The second-order valence-corrected chi connectivity index (χ2v) is 6.79. The molecule has 21 heavy (non-hydrogen) atoms. The maximum absolute atomic E-state index is 6.56. The lowest BCUT2D eigenvalue weighted by molar-refractivity contribution is 0.117. The number of rotatable bonds is 4. The Morgan fingerprint density at radius 3 is 2.81 bits per heavy atom. The Morgan fingerprint density at radius 1 is 1.19 bits per heavy atom. The van der Waals surface area contributed by atoms with E-state index >= 15 is 0 Å². The van der Waals surface area contributed by atoms with Crippen LogP contribution in [0.2, 0.25) is 0 Å². The molecular weight excluding hydrogens is 260 g/mol. The van der Waals surface area contributed by atoms with Gasteiger partial charge in [-0.1, -0.05) is 25.7 Å². The smallest absolute Gasteiger partial charge is 0.137 e. The SMILES string of the molecule is CCOc1cncc(C(N)C2CCC3CCCCC3C2)c1. The third-order valence-electron chi connectivity index (χ3n) is 5.52. The van der Waals surface area contributed by atoms with Crippen molar-refractivity contribution >= 4 is 0 Å². The van der Waals surface area contributed by atoms with Crippen molar-refractivity contribution in [2.24, 2.45) is 23.5 Å². The number of hydrogen-bond acceptors (Lipinski definition) is 3. The van der Waals surface area contributed by atoms with Crippen molar-refractivity contribution < 1.29 is 4.74 Å². The summed E-state index contributed by atoms with van der Waals surface area (Å²) in [5.74, 6) is 3.36. The molecule has 2 saturated carbocycles. The van der Waals surface area contributed by atoms with E-state index in [4.69, 9.17) is 10.5 Å². The van der Waals surface area contributed by atoms with Crippen LogP contribution in [0.5, 0.6) is 5.75 Å². The molecule has 0 aromatic carbocycles. The summed E-state index contributed by atoms with van der Waals surface area (Å²) in [6, 6.07) is 2.19. The molecule has 0 spiro atoms. The van der Waals surface area contributed by atoms with Crippen molar-refractivity contribution in [1.82, 2.24) is 4.98 Å². The molecule has 2 fully saturated rings. The molecule has 3 nitrogen and oxygen atoms in total. The number of nitrogens with two attached hydrogens (primary N) is 1. The largest absolute Gasteiger partial charge is 0.492 e. The first-order valence-electron chi connectivity index (χ1n) is 8.61. The van der Waals surface area contributed by atoms with Gasteiger partial charge in [-0.3, -0.25) is 4.98 Å². The summed E-state index contributed by atoms with van der Waals surface area (Å²) in [6.07, 6.45) is 13.4. The highest BCUT2D eigenvalue weighted by Crippen LogP contribution is 2.45. The zero-order valence-corrected chi connectivity index (χ0v) is 13.1. The lowest BCUT2D eigenvalue weighted by Crippen LogP contribution is -2.33. The Hall–Kier alpha value is -1.09. The average molecular weight is 288 g/mol. The van der Waals surface area contributed by atoms with Gasteiger partial charge in [-0.2, -0.15) is 0 Å². The van der Waals surface area contributed by atoms with E-state index < -0.39 is 0 Å². The average Bonchev–Trinajstić information content (AvgIpc) is 2.54. The lowest BCUT2D eigenvalue weighted by Gasteiger charge is -2.41. The number of ether oxygens (including phenoxy) is 1. The first-order valence-corrected chi connectivity index (χ1v) is 8.61. The Morgan fingerprint density at radius 2 is 2.00 bits per heavy atom. The van der Waals surface area contributed by atoms with Crippen molar-refractivity contribution in [2.75, 3.05) is 6.61 Å². The standard InChI is InChI=1S/C18H28N2O/c1-2-21-17-10-16(11-20-12-17)18(19)15-8-7-13-5-3-4-6-14(13)9-15/h10-15,18H,2-9,19H2,1H3. The van der Waals surface area contributed by atoms with Crippen LogP contribution < -0.4 is 10.5 Å². The van der Waals surface area contributed by atoms with Crippen LogP contribution in [0.25, 0.3) is 0 Å². The predicted octanol–water partition coefficient (Wildman–Crippen LogP) is 4.09. The van der Waals surface area contributed by atoms with Crippen LogP contribution in [0.4, 0.5) is 0 Å². The molecule has 1 heterocycles. The van der Waals surface area contributed by atoms with Gasteiger partial charge in [0.2, 0.25) is 0 Å². The molecule has 1 aromatic rings. The predicted molar refractivity (Wildman–Crippen MR) is 85.1 cm³/mol. The minimum Gasteiger partial charge on any atom is -0.492 e. The molecule has 2 aliphatic carbocycles. The quantitative estimate of drug-likeness (QED) is 0.908. The summed E-state index contributed by atoms with van der Waals surface area (Å²) in [5, 5.41) is 0.